The number of ether oxygens (including phenoxy) is 1. The molecule has 1 saturated heterocycles. The van der Waals surface area contributed by atoms with Crippen LogP contribution in [0.1, 0.15) is 33.6 Å². The van der Waals surface area contributed by atoms with Gasteiger partial charge in [-0.15, -0.1) is 0 Å². The van der Waals surface area contributed by atoms with E-state index >= 15 is 0 Å². The van der Waals surface area contributed by atoms with Gasteiger partial charge in [-0.2, -0.15) is 0 Å². The third-order valence-electron chi connectivity index (χ3n) is 2.93. The summed E-state index contributed by atoms with van der Waals surface area (Å²) >= 11 is 4.80. The fourth-order valence-electron chi connectivity index (χ4n) is 2.00. The van der Waals surface area contributed by atoms with Gasteiger partial charge >= 0.3 is 6.09 Å². The molecule has 0 unspecified atom stereocenters. The number of nitrogens with two attached hydrogens (primary N) is 2. The minimum absolute atomic E-state index is 0.236. The lowest BCUT2D eigenvalue weighted by Gasteiger charge is -2.33. The Kier molecular flexibility index (Phi) is 5.17. The fraction of sp³-hybridized carbons (Fsp3) is 0.692. The van der Waals surface area contributed by atoms with E-state index in [4.69, 9.17) is 28.4 Å². The molecule has 108 valence electrons. The van der Waals surface area contributed by atoms with Gasteiger partial charge in [0.05, 0.1) is 4.99 Å². The lowest BCUT2D eigenvalue weighted by molar-refractivity contribution is 0.0194. The van der Waals surface area contributed by atoms with Crippen LogP contribution in [0.15, 0.2) is 11.8 Å². The molecule has 0 spiro atoms. The van der Waals surface area contributed by atoms with Crippen LogP contribution >= 0.6 is 12.2 Å². The van der Waals surface area contributed by atoms with Gasteiger partial charge in [-0.05, 0) is 39.7 Å². The van der Waals surface area contributed by atoms with E-state index in [2.05, 4.69) is 0 Å². The van der Waals surface area contributed by atoms with Gasteiger partial charge in [0.1, 0.15) is 5.60 Å². The highest BCUT2D eigenvalue weighted by atomic mass is 32.1. The van der Waals surface area contributed by atoms with Crippen molar-refractivity contribution in [3.05, 3.63) is 11.8 Å². The smallest absolute Gasteiger partial charge is 0.410 e. The third kappa shape index (κ3) is 5.46. The SMILES string of the molecule is CC(C)(C)OC(=O)N1CCC(/C(N)=C/C(N)=S)CC1. The first-order valence-corrected chi connectivity index (χ1v) is 6.84. The van der Waals surface area contributed by atoms with Crippen LogP contribution in [0, 0.1) is 5.92 Å². The molecule has 1 aliphatic rings. The van der Waals surface area contributed by atoms with E-state index in [1.54, 1.807) is 11.0 Å². The van der Waals surface area contributed by atoms with Crippen molar-refractivity contribution in [1.82, 2.24) is 4.90 Å². The maximum absolute atomic E-state index is 11.9. The van der Waals surface area contributed by atoms with Crippen LogP contribution < -0.4 is 11.5 Å². The van der Waals surface area contributed by atoms with Crippen molar-refractivity contribution in [1.29, 1.82) is 0 Å². The number of thiocarbonyl (C=S) groups is 1. The molecule has 19 heavy (non-hydrogen) atoms. The van der Waals surface area contributed by atoms with E-state index in [0.29, 0.717) is 23.8 Å². The van der Waals surface area contributed by atoms with Crippen LogP contribution in [0.5, 0.6) is 0 Å². The summed E-state index contributed by atoms with van der Waals surface area (Å²) in [6.45, 7) is 6.87. The molecule has 0 aromatic rings. The van der Waals surface area contributed by atoms with Crippen molar-refractivity contribution in [3.8, 4) is 0 Å². The lowest BCUT2D eigenvalue weighted by Crippen LogP contribution is -2.42. The maximum Gasteiger partial charge on any atom is 0.410 e. The molecule has 4 N–H and O–H groups in total. The van der Waals surface area contributed by atoms with Crippen molar-refractivity contribution < 1.29 is 9.53 Å². The van der Waals surface area contributed by atoms with Gasteiger partial charge < -0.3 is 21.1 Å². The first kappa shape index (κ1) is 15.8. The molecule has 0 radical (unpaired) electrons. The highest BCUT2D eigenvalue weighted by Crippen LogP contribution is 2.23. The minimum Gasteiger partial charge on any atom is -0.444 e. The molecule has 6 heteroatoms. The number of carbonyl (C=O) groups is 1. The number of amides is 1. The zero-order valence-corrected chi connectivity index (χ0v) is 12.6. The second-order valence-electron chi connectivity index (χ2n) is 5.79. The van der Waals surface area contributed by atoms with E-state index in [1.807, 2.05) is 20.8 Å². The number of rotatable bonds is 2. The van der Waals surface area contributed by atoms with Gasteiger partial charge in [-0.1, -0.05) is 12.2 Å². The number of piperidine rings is 1. The molecular formula is C13H23N3O2S. The molecule has 0 bridgehead atoms. The molecule has 0 saturated carbocycles. The van der Waals surface area contributed by atoms with Crippen LogP contribution in [0.4, 0.5) is 4.79 Å². The van der Waals surface area contributed by atoms with Gasteiger partial charge in [0.2, 0.25) is 0 Å². The molecule has 5 nitrogen and oxygen atoms in total. The Hall–Kier alpha value is -1.30. The monoisotopic (exact) mass is 285 g/mol. The minimum atomic E-state index is -0.460. The average molecular weight is 285 g/mol. The van der Waals surface area contributed by atoms with Crippen molar-refractivity contribution >= 4 is 23.3 Å². The van der Waals surface area contributed by atoms with Crippen molar-refractivity contribution in [2.45, 2.75) is 39.2 Å². The van der Waals surface area contributed by atoms with Crippen LogP contribution in [0.3, 0.4) is 0 Å². The Morgan fingerprint density at radius 1 is 1.32 bits per heavy atom. The van der Waals surface area contributed by atoms with Crippen molar-refractivity contribution in [2.24, 2.45) is 17.4 Å². The van der Waals surface area contributed by atoms with Gasteiger partial charge in [0.15, 0.2) is 0 Å². The molecule has 0 aromatic heterocycles. The van der Waals surface area contributed by atoms with E-state index in [1.165, 1.54) is 0 Å². The zero-order chi connectivity index (χ0) is 14.6. The average Bonchev–Trinajstić information content (AvgIpc) is 2.26. The molecule has 1 heterocycles. The van der Waals surface area contributed by atoms with Gasteiger partial charge in [-0.3, -0.25) is 0 Å². The Balaban J connectivity index is 2.49. The normalized spacial score (nSPS) is 18.3. The summed E-state index contributed by atoms with van der Waals surface area (Å²) in [4.78, 5) is 13.9. The molecule has 1 amide bonds. The first-order valence-electron chi connectivity index (χ1n) is 6.43. The number of carbonyl (C=O) groups excluding carboxylic acids is 1. The Labute approximate surface area is 119 Å². The van der Waals surface area contributed by atoms with Crippen LogP contribution in [-0.4, -0.2) is 34.7 Å². The second-order valence-corrected chi connectivity index (χ2v) is 6.26. The van der Waals surface area contributed by atoms with Crippen LogP contribution in [0.2, 0.25) is 0 Å². The lowest BCUT2D eigenvalue weighted by atomic mass is 9.93. The molecule has 0 atom stereocenters. The number of nitrogens with zero attached hydrogens (tertiary/aromatic N) is 1. The van der Waals surface area contributed by atoms with Crippen LogP contribution in [0.25, 0.3) is 0 Å². The summed E-state index contributed by atoms with van der Waals surface area (Å²) in [6.07, 6.45) is 2.99. The summed E-state index contributed by atoms with van der Waals surface area (Å²) in [7, 11) is 0. The molecular weight excluding hydrogens is 262 g/mol. The topological polar surface area (TPSA) is 81.6 Å². The van der Waals surface area contributed by atoms with Crippen molar-refractivity contribution in [2.75, 3.05) is 13.1 Å². The molecule has 1 rings (SSSR count). The Bertz CT molecular complexity index is 380. The van der Waals surface area contributed by atoms with E-state index in [0.717, 1.165) is 12.8 Å². The number of allylic oxidation sites excluding steroid dienone is 1. The van der Waals surface area contributed by atoms with E-state index < -0.39 is 5.60 Å². The summed E-state index contributed by atoms with van der Waals surface area (Å²) in [5.74, 6) is 0.236. The molecule has 0 aromatic carbocycles. The fourth-order valence-corrected chi connectivity index (χ4v) is 2.14. The number of hydrogen-bond acceptors (Lipinski definition) is 4. The molecule has 1 fully saturated rings. The first-order chi connectivity index (χ1) is 8.69. The van der Waals surface area contributed by atoms with E-state index in [-0.39, 0.29) is 12.0 Å². The quantitative estimate of drug-likeness (QED) is 0.597. The highest BCUT2D eigenvalue weighted by molar-refractivity contribution is 7.80. The van der Waals surface area contributed by atoms with E-state index in [9.17, 15) is 4.79 Å². The summed E-state index contributed by atoms with van der Waals surface area (Å²) in [5, 5.41) is 0. The van der Waals surface area contributed by atoms with Crippen LogP contribution in [-0.2, 0) is 4.74 Å². The third-order valence-corrected chi connectivity index (χ3v) is 3.04. The maximum atomic E-state index is 11.9. The van der Waals surface area contributed by atoms with Gasteiger partial charge in [0.25, 0.3) is 0 Å². The van der Waals surface area contributed by atoms with Crippen molar-refractivity contribution in [3.63, 3.8) is 0 Å². The standard InChI is InChI=1S/C13H23N3O2S/c1-13(2,3)18-12(17)16-6-4-9(5-7-16)10(14)8-11(15)19/h8-9H,4-7,14H2,1-3H3,(H2,15,19)/b10-8-. The zero-order valence-electron chi connectivity index (χ0n) is 11.8. The molecule has 0 aliphatic carbocycles. The van der Waals surface area contributed by atoms with Gasteiger partial charge in [0, 0.05) is 24.7 Å². The number of hydrogen-bond donors (Lipinski definition) is 2. The second kappa shape index (κ2) is 6.23. The highest BCUT2D eigenvalue weighted by Gasteiger charge is 2.27. The molecule has 1 aliphatic heterocycles. The number of likely N-dealkylation sites (tertiary alicyclic amines) is 1. The van der Waals surface area contributed by atoms with Gasteiger partial charge in [-0.25, -0.2) is 4.79 Å². The summed E-state index contributed by atoms with van der Waals surface area (Å²) < 4.78 is 5.34. The Morgan fingerprint density at radius 3 is 2.26 bits per heavy atom. The predicted molar refractivity (Wildman–Crippen MR) is 79.6 cm³/mol. The summed E-state index contributed by atoms with van der Waals surface area (Å²) in [5.41, 5.74) is 11.6. The predicted octanol–water partition coefficient (Wildman–Crippen LogP) is 1.76. The Morgan fingerprint density at radius 2 is 1.84 bits per heavy atom. The largest absolute Gasteiger partial charge is 0.444 e. The summed E-state index contributed by atoms with van der Waals surface area (Å²) in [6, 6.07) is 0.